The van der Waals surface area contributed by atoms with Crippen molar-refractivity contribution in [3.8, 4) is 0 Å². The summed E-state index contributed by atoms with van der Waals surface area (Å²) in [5.74, 6) is 0. The second-order valence-corrected chi connectivity index (χ2v) is 7.28. The van der Waals surface area contributed by atoms with E-state index in [1.54, 1.807) is 0 Å². The Kier molecular flexibility index (Phi) is 2.30. The van der Waals surface area contributed by atoms with Crippen LogP contribution in [0.2, 0.25) is 18.6 Å². The van der Waals surface area contributed by atoms with Gasteiger partial charge in [0.1, 0.15) is 0 Å². The minimum Gasteiger partial charge on any atom is -0.417 e. The maximum absolute atomic E-state index is 5.73. The summed E-state index contributed by atoms with van der Waals surface area (Å²) >= 11 is 0. The molecule has 2 heteroatoms. The van der Waals surface area contributed by atoms with Crippen molar-refractivity contribution in [3.05, 3.63) is 0 Å². The third kappa shape index (κ3) is 1.80. The molecule has 1 aliphatic rings. The van der Waals surface area contributed by atoms with Crippen LogP contribution in [0.4, 0.5) is 0 Å². The molecule has 1 rings (SSSR count). The van der Waals surface area contributed by atoms with Crippen molar-refractivity contribution in [2.45, 2.75) is 38.4 Å². The lowest BCUT2D eigenvalue weighted by Crippen LogP contribution is -2.29. The summed E-state index contributed by atoms with van der Waals surface area (Å²) in [7, 11) is -1.09. The van der Waals surface area contributed by atoms with Crippen LogP contribution in [0.3, 0.4) is 0 Å². The van der Waals surface area contributed by atoms with E-state index in [0.29, 0.717) is 0 Å². The summed E-state index contributed by atoms with van der Waals surface area (Å²) in [6, 6.07) is 2.81. The Morgan fingerprint density at radius 3 is 2.33 bits per heavy atom. The van der Waals surface area contributed by atoms with E-state index in [2.05, 4.69) is 13.5 Å². The van der Waals surface area contributed by atoms with Gasteiger partial charge in [0.25, 0.3) is 0 Å². The SMILES string of the molecule is CCO[Si]1(C)CCCC1. The van der Waals surface area contributed by atoms with Crippen molar-refractivity contribution in [1.82, 2.24) is 0 Å². The van der Waals surface area contributed by atoms with Gasteiger partial charge in [0.2, 0.25) is 0 Å². The molecule has 1 fully saturated rings. The number of rotatable bonds is 2. The minimum atomic E-state index is -1.09. The Morgan fingerprint density at radius 1 is 1.33 bits per heavy atom. The first-order chi connectivity index (χ1) is 4.27. The highest BCUT2D eigenvalue weighted by Crippen LogP contribution is 2.30. The molecular formula is C7H16OSi. The van der Waals surface area contributed by atoms with Crippen LogP contribution in [0.15, 0.2) is 0 Å². The fraction of sp³-hybridized carbons (Fsp3) is 1.00. The van der Waals surface area contributed by atoms with Gasteiger partial charge in [-0.3, -0.25) is 0 Å². The first-order valence-corrected chi connectivity index (χ1v) is 6.73. The van der Waals surface area contributed by atoms with Gasteiger partial charge in [-0.1, -0.05) is 12.8 Å². The molecule has 0 saturated carbocycles. The van der Waals surface area contributed by atoms with E-state index in [1.165, 1.54) is 24.9 Å². The second kappa shape index (κ2) is 2.84. The number of hydrogen-bond acceptors (Lipinski definition) is 1. The molecule has 0 N–H and O–H groups in total. The van der Waals surface area contributed by atoms with E-state index in [0.717, 1.165) is 6.61 Å². The van der Waals surface area contributed by atoms with Gasteiger partial charge in [-0.2, -0.15) is 0 Å². The van der Waals surface area contributed by atoms with E-state index < -0.39 is 8.32 Å². The third-order valence-electron chi connectivity index (χ3n) is 2.15. The topological polar surface area (TPSA) is 9.23 Å². The molecule has 0 aromatic heterocycles. The van der Waals surface area contributed by atoms with Crippen LogP contribution in [-0.2, 0) is 4.43 Å². The van der Waals surface area contributed by atoms with Gasteiger partial charge in [-0.15, -0.1) is 0 Å². The molecule has 9 heavy (non-hydrogen) atoms. The molecule has 0 atom stereocenters. The standard InChI is InChI=1S/C7H16OSi/c1-3-8-9(2)6-4-5-7-9/h3-7H2,1-2H3. The molecule has 1 aliphatic heterocycles. The normalized spacial score (nSPS) is 24.7. The lowest BCUT2D eigenvalue weighted by molar-refractivity contribution is 0.329. The van der Waals surface area contributed by atoms with Gasteiger partial charge in [0.05, 0.1) is 0 Å². The van der Waals surface area contributed by atoms with E-state index in [4.69, 9.17) is 4.43 Å². The molecule has 0 aromatic carbocycles. The Bertz CT molecular complexity index is 86.9. The molecule has 0 aromatic rings. The van der Waals surface area contributed by atoms with Crippen molar-refractivity contribution in [2.24, 2.45) is 0 Å². The molecule has 1 nitrogen and oxygen atoms in total. The van der Waals surface area contributed by atoms with Gasteiger partial charge < -0.3 is 4.43 Å². The zero-order chi connectivity index (χ0) is 6.74. The smallest absolute Gasteiger partial charge is 0.189 e. The van der Waals surface area contributed by atoms with E-state index in [9.17, 15) is 0 Å². The Balaban J connectivity index is 2.32. The summed E-state index contributed by atoms with van der Waals surface area (Å²) < 4.78 is 5.73. The van der Waals surface area contributed by atoms with E-state index >= 15 is 0 Å². The van der Waals surface area contributed by atoms with E-state index in [-0.39, 0.29) is 0 Å². The highest BCUT2D eigenvalue weighted by molar-refractivity contribution is 6.73. The van der Waals surface area contributed by atoms with E-state index in [1.807, 2.05) is 0 Å². The van der Waals surface area contributed by atoms with Crippen LogP contribution in [0.25, 0.3) is 0 Å². The van der Waals surface area contributed by atoms with Crippen molar-refractivity contribution in [3.63, 3.8) is 0 Å². The summed E-state index contributed by atoms with van der Waals surface area (Å²) in [4.78, 5) is 0. The van der Waals surface area contributed by atoms with Crippen LogP contribution in [0.5, 0.6) is 0 Å². The minimum absolute atomic E-state index is 0.933. The Hall–Kier alpha value is 0.177. The maximum Gasteiger partial charge on any atom is 0.189 e. The lowest BCUT2D eigenvalue weighted by Gasteiger charge is -2.19. The molecular weight excluding hydrogens is 128 g/mol. The van der Waals surface area contributed by atoms with Crippen LogP contribution < -0.4 is 0 Å². The van der Waals surface area contributed by atoms with Gasteiger partial charge in [-0.05, 0) is 25.6 Å². The summed E-state index contributed by atoms with van der Waals surface area (Å²) in [5, 5.41) is 0. The van der Waals surface area contributed by atoms with Gasteiger partial charge in [-0.25, -0.2) is 0 Å². The largest absolute Gasteiger partial charge is 0.417 e. The van der Waals surface area contributed by atoms with Crippen LogP contribution in [-0.4, -0.2) is 14.9 Å². The molecule has 0 radical (unpaired) electrons. The number of hydrogen-bond donors (Lipinski definition) is 0. The van der Waals surface area contributed by atoms with Crippen molar-refractivity contribution in [2.75, 3.05) is 6.61 Å². The van der Waals surface area contributed by atoms with Gasteiger partial charge in [0, 0.05) is 6.61 Å². The second-order valence-electron chi connectivity index (χ2n) is 3.09. The highest BCUT2D eigenvalue weighted by Gasteiger charge is 2.31. The molecule has 0 amide bonds. The molecule has 54 valence electrons. The Labute approximate surface area is 58.5 Å². The maximum atomic E-state index is 5.73. The molecule has 0 spiro atoms. The Morgan fingerprint density at radius 2 is 1.89 bits per heavy atom. The molecule has 0 aliphatic carbocycles. The zero-order valence-corrected chi connectivity index (χ0v) is 7.44. The molecule has 0 bridgehead atoms. The zero-order valence-electron chi connectivity index (χ0n) is 6.44. The average molecular weight is 144 g/mol. The monoisotopic (exact) mass is 144 g/mol. The van der Waals surface area contributed by atoms with Gasteiger partial charge in [0.15, 0.2) is 8.32 Å². The fourth-order valence-electron chi connectivity index (χ4n) is 1.62. The first-order valence-electron chi connectivity index (χ1n) is 3.91. The van der Waals surface area contributed by atoms with Crippen molar-refractivity contribution in [1.29, 1.82) is 0 Å². The quantitative estimate of drug-likeness (QED) is 0.541. The molecule has 1 saturated heterocycles. The molecule has 1 heterocycles. The summed E-state index contributed by atoms with van der Waals surface area (Å²) in [6.45, 7) is 5.41. The predicted octanol–water partition coefficient (Wildman–Crippen LogP) is 2.39. The van der Waals surface area contributed by atoms with Crippen molar-refractivity contribution >= 4 is 8.32 Å². The third-order valence-corrected chi connectivity index (χ3v) is 5.96. The lowest BCUT2D eigenvalue weighted by atomic mass is 10.4. The average Bonchev–Trinajstić information content (AvgIpc) is 2.16. The van der Waals surface area contributed by atoms with Crippen LogP contribution >= 0.6 is 0 Å². The van der Waals surface area contributed by atoms with Crippen molar-refractivity contribution < 1.29 is 4.43 Å². The summed E-state index contributed by atoms with van der Waals surface area (Å²) in [6.07, 6.45) is 2.84. The van der Waals surface area contributed by atoms with Crippen LogP contribution in [0.1, 0.15) is 19.8 Å². The van der Waals surface area contributed by atoms with Crippen LogP contribution in [0, 0.1) is 0 Å². The molecule has 0 unspecified atom stereocenters. The fourth-order valence-corrected chi connectivity index (χ4v) is 4.85. The highest BCUT2D eigenvalue weighted by atomic mass is 28.4. The summed E-state index contributed by atoms with van der Waals surface area (Å²) in [5.41, 5.74) is 0. The van der Waals surface area contributed by atoms with Gasteiger partial charge >= 0.3 is 0 Å². The predicted molar refractivity (Wildman–Crippen MR) is 42.1 cm³/mol. The first kappa shape index (κ1) is 7.29.